The number of aliphatic hydroxyl groups is 1. The van der Waals surface area contributed by atoms with E-state index in [1.807, 2.05) is 20.8 Å². The van der Waals surface area contributed by atoms with E-state index in [-0.39, 0.29) is 12.0 Å². The first-order chi connectivity index (χ1) is 6.81. The fourth-order valence-corrected chi connectivity index (χ4v) is 1.24. The summed E-state index contributed by atoms with van der Waals surface area (Å²) in [5.74, 6) is -0.763. The SMILES string of the molecule is CC(C)(C)OC(O)CCCCCC(=O)O. The molecule has 4 heteroatoms. The maximum atomic E-state index is 10.2. The molecule has 0 aliphatic carbocycles. The van der Waals surface area contributed by atoms with E-state index in [1.54, 1.807) is 0 Å². The van der Waals surface area contributed by atoms with Crippen molar-refractivity contribution in [3.63, 3.8) is 0 Å². The largest absolute Gasteiger partial charge is 0.481 e. The van der Waals surface area contributed by atoms with Crippen LogP contribution in [-0.2, 0) is 9.53 Å². The van der Waals surface area contributed by atoms with E-state index in [1.165, 1.54) is 0 Å². The Kier molecular flexibility index (Phi) is 6.52. The number of carboxylic acids is 1. The minimum absolute atomic E-state index is 0.205. The van der Waals surface area contributed by atoms with Crippen LogP contribution in [0.5, 0.6) is 0 Å². The maximum Gasteiger partial charge on any atom is 0.303 e. The molecular formula is C11H22O4. The van der Waals surface area contributed by atoms with Crippen LogP contribution in [0.1, 0.15) is 52.9 Å². The molecule has 0 aromatic rings. The molecule has 0 saturated carbocycles. The van der Waals surface area contributed by atoms with Gasteiger partial charge >= 0.3 is 5.97 Å². The second-order valence-corrected chi connectivity index (χ2v) is 4.68. The highest BCUT2D eigenvalue weighted by molar-refractivity contribution is 5.66. The van der Waals surface area contributed by atoms with Crippen molar-refractivity contribution in [2.45, 2.75) is 64.8 Å². The number of hydrogen-bond donors (Lipinski definition) is 2. The van der Waals surface area contributed by atoms with Gasteiger partial charge in [-0.05, 0) is 40.0 Å². The Morgan fingerprint density at radius 2 is 1.87 bits per heavy atom. The van der Waals surface area contributed by atoms with Crippen LogP contribution in [0.4, 0.5) is 0 Å². The van der Waals surface area contributed by atoms with Gasteiger partial charge < -0.3 is 14.9 Å². The summed E-state index contributed by atoms with van der Waals surface area (Å²) in [7, 11) is 0. The summed E-state index contributed by atoms with van der Waals surface area (Å²) in [6, 6.07) is 0. The first-order valence-electron chi connectivity index (χ1n) is 5.39. The van der Waals surface area contributed by atoms with Crippen molar-refractivity contribution >= 4 is 5.97 Å². The molecular weight excluding hydrogens is 196 g/mol. The van der Waals surface area contributed by atoms with Crippen LogP contribution < -0.4 is 0 Å². The zero-order valence-corrected chi connectivity index (χ0v) is 9.82. The Morgan fingerprint density at radius 1 is 1.27 bits per heavy atom. The summed E-state index contributed by atoms with van der Waals surface area (Å²) in [4.78, 5) is 10.2. The van der Waals surface area contributed by atoms with E-state index >= 15 is 0 Å². The number of unbranched alkanes of at least 4 members (excludes halogenated alkanes) is 2. The van der Waals surface area contributed by atoms with E-state index in [2.05, 4.69) is 0 Å². The van der Waals surface area contributed by atoms with Crippen molar-refractivity contribution in [2.75, 3.05) is 0 Å². The van der Waals surface area contributed by atoms with E-state index in [9.17, 15) is 9.90 Å². The lowest BCUT2D eigenvalue weighted by atomic mass is 10.1. The van der Waals surface area contributed by atoms with Crippen molar-refractivity contribution < 1.29 is 19.7 Å². The maximum absolute atomic E-state index is 10.2. The highest BCUT2D eigenvalue weighted by atomic mass is 16.6. The molecule has 0 aliphatic heterocycles. The summed E-state index contributed by atoms with van der Waals surface area (Å²) in [5, 5.41) is 17.9. The number of carbonyl (C=O) groups is 1. The molecule has 0 aromatic carbocycles. The van der Waals surface area contributed by atoms with Crippen LogP contribution in [0.15, 0.2) is 0 Å². The minimum atomic E-state index is -0.763. The lowest BCUT2D eigenvalue weighted by molar-refractivity contribution is -0.168. The number of aliphatic carboxylic acids is 1. The number of carboxylic acid groups (broad SMARTS) is 1. The molecule has 0 saturated heterocycles. The van der Waals surface area contributed by atoms with Gasteiger partial charge in [0.2, 0.25) is 0 Å². The van der Waals surface area contributed by atoms with Crippen molar-refractivity contribution in [1.82, 2.24) is 0 Å². The lowest BCUT2D eigenvalue weighted by Crippen LogP contribution is -2.27. The highest BCUT2D eigenvalue weighted by Gasteiger charge is 2.15. The molecule has 0 aromatic heterocycles. The lowest BCUT2D eigenvalue weighted by Gasteiger charge is -2.23. The summed E-state index contributed by atoms with van der Waals surface area (Å²) in [6.07, 6.45) is 2.31. The predicted molar refractivity (Wildman–Crippen MR) is 57.6 cm³/mol. The van der Waals surface area contributed by atoms with Crippen LogP contribution in [0.2, 0.25) is 0 Å². The third-order valence-corrected chi connectivity index (χ3v) is 1.83. The molecule has 0 rings (SSSR count). The highest BCUT2D eigenvalue weighted by Crippen LogP contribution is 2.14. The molecule has 15 heavy (non-hydrogen) atoms. The fourth-order valence-electron chi connectivity index (χ4n) is 1.24. The third-order valence-electron chi connectivity index (χ3n) is 1.83. The second kappa shape index (κ2) is 6.80. The average molecular weight is 218 g/mol. The zero-order chi connectivity index (χ0) is 11.9. The zero-order valence-electron chi connectivity index (χ0n) is 9.82. The molecule has 0 heterocycles. The normalized spacial score (nSPS) is 13.9. The van der Waals surface area contributed by atoms with Crippen molar-refractivity contribution in [3.05, 3.63) is 0 Å². The predicted octanol–water partition coefficient (Wildman–Crippen LogP) is 2.15. The summed E-state index contributed by atoms with van der Waals surface area (Å²) < 4.78 is 5.30. The third kappa shape index (κ3) is 11.3. The molecule has 0 bridgehead atoms. The number of aliphatic hydroxyl groups excluding tert-OH is 1. The van der Waals surface area contributed by atoms with Gasteiger partial charge in [0.15, 0.2) is 6.29 Å². The standard InChI is InChI=1S/C11H22O4/c1-11(2,3)15-10(14)8-6-4-5-7-9(12)13/h10,14H,4-8H2,1-3H3,(H,12,13). The van der Waals surface area contributed by atoms with Gasteiger partial charge in [0.05, 0.1) is 5.60 Å². The Hall–Kier alpha value is -0.610. The van der Waals surface area contributed by atoms with Gasteiger partial charge in [0.25, 0.3) is 0 Å². The Morgan fingerprint density at radius 3 is 2.33 bits per heavy atom. The smallest absolute Gasteiger partial charge is 0.303 e. The molecule has 0 aliphatic rings. The van der Waals surface area contributed by atoms with Gasteiger partial charge in [-0.25, -0.2) is 0 Å². The Labute approximate surface area is 91.3 Å². The van der Waals surface area contributed by atoms with Crippen molar-refractivity contribution in [2.24, 2.45) is 0 Å². The van der Waals surface area contributed by atoms with Gasteiger partial charge in [-0.15, -0.1) is 0 Å². The van der Waals surface area contributed by atoms with Gasteiger partial charge in [0.1, 0.15) is 0 Å². The molecule has 0 spiro atoms. The van der Waals surface area contributed by atoms with Crippen molar-refractivity contribution in [3.8, 4) is 0 Å². The molecule has 4 nitrogen and oxygen atoms in total. The number of ether oxygens (including phenoxy) is 1. The van der Waals surface area contributed by atoms with Gasteiger partial charge in [-0.1, -0.05) is 6.42 Å². The first kappa shape index (κ1) is 14.4. The van der Waals surface area contributed by atoms with Crippen LogP contribution in [0, 0.1) is 0 Å². The monoisotopic (exact) mass is 218 g/mol. The molecule has 90 valence electrons. The van der Waals surface area contributed by atoms with Crippen LogP contribution in [0.3, 0.4) is 0 Å². The van der Waals surface area contributed by atoms with E-state index in [0.717, 1.165) is 12.8 Å². The van der Waals surface area contributed by atoms with E-state index < -0.39 is 12.3 Å². The summed E-state index contributed by atoms with van der Waals surface area (Å²) in [5.41, 5.74) is -0.333. The van der Waals surface area contributed by atoms with Gasteiger partial charge in [-0.3, -0.25) is 4.79 Å². The Bertz CT molecular complexity index is 184. The Balaban J connectivity index is 3.39. The molecule has 0 radical (unpaired) electrons. The first-order valence-corrected chi connectivity index (χ1v) is 5.39. The fraction of sp³-hybridized carbons (Fsp3) is 0.909. The van der Waals surface area contributed by atoms with E-state index in [0.29, 0.717) is 12.8 Å². The minimum Gasteiger partial charge on any atom is -0.481 e. The topological polar surface area (TPSA) is 66.8 Å². The molecule has 0 fully saturated rings. The van der Waals surface area contributed by atoms with Crippen LogP contribution in [0.25, 0.3) is 0 Å². The van der Waals surface area contributed by atoms with Gasteiger partial charge in [0, 0.05) is 6.42 Å². The average Bonchev–Trinajstić information content (AvgIpc) is 1.99. The van der Waals surface area contributed by atoms with Crippen LogP contribution in [-0.4, -0.2) is 28.1 Å². The quantitative estimate of drug-likeness (QED) is 0.507. The summed E-state index contributed by atoms with van der Waals surface area (Å²) in [6.45, 7) is 5.67. The van der Waals surface area contributed by atoms with Crippen molar-refractivity contribution in [1.29, 1.82) is 0 Å². The van der Waals surface area contributed by atoms with Gasteiger partial charge in [-0.2, -0.15) is 0 Å². The molecule has 1 unspecified atom stereocenters. The number of rotatable bonds is 7. The number of hydrogen-bond acceptors (Lipinski definition) is 3. The summed E-state index contributed by atoms with van der Waals surface area (Å²) >= 11 is 0. The molecule has 2 N–H and O–H groups in total. The van der Waals surface area contributed by atoms with Crippen LogP contribution >= 0.6 is 0 Å². The second-order valence-electron chi connectivity index (χ2n) is 4.68. The molecule has 1 atom stereocenters. The molecule has 0 amide bonds. The van der Waals surface area contributed by atoms with E-state index in [4.69, 9.17) is 9.84 Å².